The molecule has 3 rings (SSSR count). The highest BCUT2D eigenvalue weighted by molar-refractivity contribution is 9.10. The van der Waals surface area contributed by atoms with E-state index in [9.17, 15) is 4.79 Å². The van der Waals surface area contributed by atoms with Crippen LogP contribution in [0.3, 0.4) is 0 Å². The first-order valence-electron chi connectivity index (χ1n) is 7.72. The van der Waals surface area contributed by atoms with E-state index >= 15 is 0 Å². The number of aryl methyl sites for hydroxylation is 2. The number of nitrogens with one attached hydrogen (secondary N) is 1. The van der Waals surface area contributed by atoms with Gasteiger partial charge in [0.05, 0.1) is 0 Å². The molecule has 1 heterocycles. The standard InChI is InChI=1S/C19H17BrN2O2S/c1-12-9-15(5-8-17(12)20)22-19(23)14-3-6-16(7-4-14)24-10-18-21-13(2)11-25-18/h3-9,11H,10H2,1-2H3,(H,22,23). The van der Waals surface area contributed by atoms with Crippen molar-refractivity contribution in [3.05, 3.63) is 74.1 Å². The highest BCUT2D eigenvalue weighted by Crippen LogP contribution is 2.21. The molecular formula is C19H17BrN2O2S. The molecule has 0 fully saturated rings. The Balaban J connectivity index is 1.60. The number of thiazole rings is 1. The van der Waals surface area contributed by atoms with E-state index in [-0.39, 0.29) is 5.91 Å². The number of rotatable bonds is 5. The number of benzene rings is 2. The van der Waals surface area contributed by atoms with Gasteiger partial charge in [0.25, 0.3) is 5.91 Å². The number of carbonyl (C=O) groups excluding carboxylic acids is 1. The fourth-order valence-corrected chi connectivity index (χ4v) is 3.17. The minimum Gasteiger partial charge on any atom is -0.486 e. The predicted molar refractivity (Wildman–Crippen MR) is 104 cm³/mol. The lowest BCUT2D eigenvalue weighted by Crippen LogP contribution is -2.11. The van der Waals surface area contributed by atoms with Crippen molar-refractivity contribution in [3.63, 3.8) is 0 Å². The fourth-order valence-electron chi connectivity index (χ4n) is 2.24. The Morgan fingerprint density at radius 3 is 2.60 bits per heavy atom. The van der Waals surface area contributed by atoms with Crippen LogP contribution in [0.15, 0.2) is 52.3 Å². The summed E-state index contributed by atoms with van der Waals surface area (Å²) in [6.45, 7) is 4.37. The van der Waals surface area contributed by atoms with Crippen LogP contribution in [0, 0.1) is 13.8 Å². The van der Waals surface area contributed by atoms with Crippen molar-refractivity contribution in [2.75, 3.05) is 5.32 Å². The summed E-state index contributed by atoms with van der Waals surface area (Å²) in [6.07, 6.45) is 0. The first-order chi connectivity index (χ1) is 12.0. The number of amides is 1. The van der Waals surface area contributed by atoms with E-state index in [0.717, 1.165) is 26.4 Å². The zero-order valence-corrected chi connectivity index (χ0v) is 16.3. The summed E-state index contributed by atoms with van der Waals surface area (Å²) in [6, 6.07) is 12.8. The lowest BCUT2D eigenvalue weighted by molar-refractivity contribution is 0.102. The highest BCUT2D eigenvalue weighted by Gasteiger charge is 2.08. The largest absolute Gasteiger partial charge is 0.486 e. The van der Waals surface area contributed by atoms with Gasteiger partial charge < -0.3 is 10.1 Å². The molecule has 0 aliphatic rings. The van der Waals surface area contributed by atoms with Crippen molar-refractivity contribution in [3.8, 4) is 5.75 Å². The summed E-state index contributed by atoms with van der Waals surface area (Å²) in [4.78, 5) is 16.7. The normalized spacial score (nSPS) is 10.5. The van der Waals surface area contributed by atoms with Crippen LogP contribution in [0.2, 0.25) is 0 Å². The molecule has 4 nitrogen and oxygen atoms in total. The van der Waals surface area contributed by atoms with Gasteiger partial charge >= 0.3 is 0 Å². The second kappa shape index (κ2) is 7.80. The van der Waals surface area contributed by atoms with E-state index in [1.54, 1.807) is 35.6 Å². The van der Waals surface area contributed by atoms with Crippen molar-refractivity contribution >= 4 is 38.9 Å². The van der Waals surface area contributed by atoms with Gasteiger partial charge in [0.2, 0.25) is 0 Å². The maximum absolute atomic E-state index is 12.3. The van der Waals surface area contributed by atoms with Crippen molar-refractivity contribution in [1.82, 2.24) is 4.98 Å². The zero-order chi connectivity index (χ0) is 17.8. The molecule has 0 bridgehead atoms. The molecule has 0 saturated carbocycles. The molecule has 0 spiro atoms. The maximum atomic E-state index is 12.3. The summed E-state index contributed by atoms with van der Waals surface area (Å²) in [5.41, 5.74) is 3.42. The Bertz CT molecular complexity index is 891. The molecular weight excluding hydrogens is 400 g/mol. The SMILES string of the molecule is Cc1csc(COc2ccc(C(=O)Nc3ccc(Br)c(C)c3)cc2)n1. The van der Waals surface area contributed by atoms with Crippen LogP contribution >= 0.6 is 27.3 Å². The summed E-state index contributed by atoms with van der Waals surface area (Å²) < 4.78 is 6.71. The first kappa shape index (κ1) is 17.6. The average molecular weight is 417 g/mol. The molecule has 3 aromatic rings. The molecule has 2 aromatic carbocycles. The van der Waals surface area contributed by atoms with Gasteiger partial charge in [-0.25, -0.2) is 4.98 Å². The van der Waals surface area contributed by atoms with Gasteiger partial charge in [0.1, 0.15) is 17.4 Å². The Kier molecular flexibility index (Phi) is 5.50. The summed E-state index contributed by atoms with van der Waals surface area (Å²) in [5.74, 6) is 0.563. The second-order valence-corrected chi connectivity index (χ2v) is 7.41. The zero-order valence-electron chi connectivity index (χ0n) is 13.9. The highest BCUT2D eigenvalue weighted by atomic mass is 79.9. The van der Waals surface area contributed by atoms with Crippen LogP contribution in [0.25, 0.3) is 0 Å². The van der Waals surface area contributed by atoms with Crippen LogP contribution in [0.4, 0.5) is 5.69 Å². The Labute approximate surface area is 159 Å². The first-order valence-corrected chi connectivity index (χ1v) is 9.40. The third-order valence-corrected chi connectivity index (χ3v) is 5.39. The van der Waals surface area contributed by atoms with Gasteiger partial charge in [0.15, 0.2) is 0 Å². The molecule has 1 aromatic heterocycles. The third kappa shape index (κ3) is 4.67. The van der Waals surface area contributed by atoms with E-state index in [1.165, 1.54) is 0 Å². The van der Waals surface area contributed by atoms with Gasteiger partial charge in [-0.05, 0) is 61.9 Å². The second-order valence-electron chi connectivity index (χ2n) is 5.61. The van der Waals surface area contributed by atoms with E-state index in [4.69, 9.17) is 4.74 Å². The number of aromatic nitrogens is 1. The topological polar surface area (TPSA) is 51.2 Å². The van der Waals surface area contributed by atoms with Gasteiger partial charge in [-0.3, -0.25) is 4.79 Å². The number of nitrogens with zero attached hydrogens (tertiary/aromatic N) is 1. The number of carbonyl (C=O) groups is 1. The molecule has 0 radical (unpaired) electrons. The Morgan fingerprint density at radius 2 is 1.96 bits per heavy atom. The molecule has 6 heteroatoms. The van der Waals surface area contributed by atoms with Crippen molar-refractivity contribution in [2.24, 2.45) is 0 Å². The monoisotopic (exact) mass is 416 g/mol. The van der Waals surface area contributed by atoms with E-state index in [1.807, 2.05) is 37.4 Å². The molecule has 128 valence electrons. The predicted octanol–water partition coefficient (Wildman–Crippen LogP) is 5.35. The lowest BCUT2D eigenvalue weighted by atomic mass is 10.2. The fraction of sp³-hybridized carbons (Fsp3) is 0.158. The van der Waals surface area contributed by atoms with Crippen LogP contribution in [0.1, 0.15) is 26.6 Å². The van der Waals surface area contributed by atoms with Gasteiger partial charge in [0, 0.05) is 26.8 Å². The molecule has 0 aliphatic carbocycles. The van der Waals surface area contributed by atoms with Gasteiger partial charge in [-0.1, -0.05) is 15.9 Å². The van der Waals surface area contributed by atoms with Crippen LogP contribution in [0.5, 0.6) is 5.75 Å². The number of ether oxygens (including phenoxy) is 1. The van der Waals surface area contributed by atoms with Crippen molar-refractivity contribution in [2.45, 2.75) is 20.5 Å². The number of hydrogen-bond acceptors (Lipinski definition) is 4. The Morgan fingerprint density at radius 1 is 1.20 bits per heavy atom. The van der Waals surface area contributed by atoms with Crippen LogP contribution in [-0.4, -0.2) is 10.9 Å². The van der Waals surface area contributed by atoms with Crippen LogP contribution < -0.4 is 10.1 Å². The summed E-state index contributed by atoms with van der Waals surface area (Å²) in [5, 5.41) is 5.83. The summed E-state index contributed by atoms with van der Waals surface area (Å²) >= 11 is 5.03. The molecule has 0 atom stereocenters. The van der Waals surface area contributed by atoms with E-state index in [2.05, 4.69) is 26.2 Å². The molecule has 0 unspecified atom stereocenters. The Hall–Kier alpha value is -2.18. The number of halogens is 1. The molecule has 25 heavy (non-hydrogen) atoms. The van der Waals surface area contributed by atoms with E-state index in [0.29, 0.717) is 17.9 Å². The van der Waals surface area contributed by atoms with E-state index < -0.39 is 0 Å². The number of hydrogen-bond donors (Lipinski definition) is 1. The number of anilines is 1. The molecule has 0 aliphatic heterocycles. The summed E-state index contributed by atoms with van der Waals surface area (Å²) in [7, 11) is 0. The smallest absolute Gasteiger partial charge is 0.255 e. The maximum Gasteiger partial charge on any atom is 0.255 e. The van der Waals surface area contributed by atoms with Crippen molar-refractivity contribution in [1.29, 1.82) is 0 Å². The molecule has 1 N–H and O–H groups in total. The minimum absolute atomic E-state index is 0.149. The van der Waals surface area contributed by atoms with Gasteiger partial charge in [-0.15, -0.1) is 11.3 Å². The molecule has 0 saturated heterocycles. The van der Waals surface area contributed by atoms with Crippen LogP contribution in [-0.2, 0) is 6.61 Å². The minimum atomic E-state index is -0.149. The van der Waals surface area contributed by atoms with Gasteiger partial charge in [-0.2, -0.15) is 0 Å². The third-order valence-electron chi connectivity index (χ3n) is 3.56. The van der Waals surface area contributed by atoms with Crippen molar-refractivity contribution < 1.29 is 9.53 Å². The molecule has 1 amide bonds. The lowest BCUT2D eigenvalue weighted by Gasteiger charge is -2.08. The average Bonchev–Trinajstić information content (AvgIpc) is 3.02. The quantitative estimate of drug-likeness (QED) is 0.609.